The van der Waals surface area contributed by atoms with Gasteiger partial charge in [0.15, 0.2) is 5.82 Å². The van der Waals surface area contributed by atoms with E-state index in [0.717, 1.165) is 22.7 Å². The molecule has 7 nitrogen and oxygen atoms in total. The van der Waals surface area contributed by atoms with Gasteiger partial charge in [-0.1, -0.05) is 42.5 Å². The molecule has 4 rings (SSSR count). The molecule has 0 aliphatic heterocycles. The van der Waals surface area contributed by atoms with E-state index in [1.54, 1.807) is 17.9 Å². The zero-order valence-corrected chi connectivity index (χ0v) is 18.0. The third kappa shape index (κ3) is 5.07. The van der Waals surface area contributed by atoms with E-state index in [1.807, 2.05) is 97.0 Å². The van der Waals surface area contributed by atoms with E-state index in [4.69, 9.17) is 4.74 Å². The molecule has 32 heavy (non-hydrogen) atoms. The molecule has 162 valence electrons. The molecule has 1 aromatic heterocycles. The van der Waals surface area contributed by atoms with Crippen LogP contribution >= 0.6 is 0 Å². The molecule has 2 amide bonds. The van der Waals surface area contributed by atoms with Crippen molar-refractivity contribution in [3.63, 3.8) is 0 Å². The fourth-order valence-electron chi connectivity index (χ4n) is 3.37. The molecule has 0 spiro atoms. The molecule has 0 saturated carbocycles. The summed E-state index contributed by atoms with van der Waals surface area (Å²) in [6, 6.07) is 26.9. The van der Waals surface area contributed by atoms with Gasteiger partial charge in [0.2, 0.25) is 0 Å². The quantitative estimate of drug-likeness (QED) is 0.417. The monoisotopic (exact) mass is 427 g/mol. The third-order valence-electron chi connectivity index (χ3n) is 5.04. The number of rotatable bonds is 7. The second-order valence-electron chi connectivity index (χ2n) is 7.24. The summed E-state index contributed by atoms with van der Waals surface area (Å²) in [4.78, 5) is 14.7. The van der Waals surface area contributed by atoms with Crippen molar-refractivity contribution in [1.82, 2.24) is 9.78 Å². The van der Waals surface area contributed by atoms with Gasteiger partial charge in [0.05, 0.1) is 25.0 Å². The lowest BCUT2D eigenvalue weighted by Gasteiger charge is -2.22. The normalized spacial score (nSPS) is 10.4. The van der Waals surface area contributed by atoms with Crippen LogP contribution in [0.5, 0.6) is 5.75 Å². The maximum Gasteiger partial charge on any atom is 0.324 e. The Morgan fingerprint density at radius 1 is 0.938 bits per heavy atom. The number of anilines is 4. The number of aromatic nitrogens is 2. The van der Waals surface area contributed by atoms with Gasteiger partial charge in [-0.25, -0.2) is 4.79 Å². The highest BCUT2D eigenvalue weighted by Gasteiger charge is 2.12. The van der Waals surface area contributed by atoms with E-state index in [-0.39, 0.29) is 6.03 Å². The lowest BCUT2D eigenvalue weighted by Crippen LogP contribution is -2.22. The first kappa shape index (κ1) is 21.0. The first-order valence-corrected chi connectivity index (χ1v) is 10.2. The summed E-state index contributed by atoms with van der Waals surface area (Å²) in [5.74, 6) is 1.29. The Labute approximate surface area is 187 Å². The Hall–Kier alpha value is -4.26. The number of benzene rings is 3. The summed E-state index contributed by atoms with van der Waals surface area (Å²) in [5, 5.41) is 10.2. The first-order valence-electron chi connectivity index (χ1n) is 10.2. The van der Waals surface area contributed by atoms with Crippen LogP contribution in [0.15, 0.2) is 91.1 Å². The van der Waals surface area contributed by atoms with E-state index < -0.39 is 0 Å². The standard InChI is InChI=1S/C25H25N5O2/c1-29(20-8-4-3-5-9-20)23-11-7-6-10-22(23)26-25(31)27-24-16-17-30(28-24)18-19-12-14-21(32-2)15-13-19/h3-17H,18H2,1-2H3,(H2,26,27,28,31). The Balaban J connectivity index is 1.40. The summed E-state index contributed by atoms with van der Waals surface area (Å²) in [5.41, 5.74) is 3.70. The lowest BCUT2D eigenvalue weighted by molar-refractivity contribution is 0.262. The molecule has 0 saturated heterocycles. The molecule has 1 heterocycles. The summed E-state index contributed by atoms with van der Waals surface area (Å²) in [6.45, 7) is 0.595. The molecule has 7 heteroatoms. The molecule has 3 aromatic carbocycles. The van der Waals surface area contributed by atoms with Crippen molar-refractivity contribution in [2.45, 2.75) is 6.54 Å². The minimum absolute atomic E-state index is 0.353. The van der Waals surface area contributed by atoms with Crippen LogP contribution in [-0.4, -0.2) is 30.0 Å². The van der Waals surface area contributed by atoms with Gasteiger partial charge >= 0.3 is 6.03 Å². The smallest absolute Gasteiger partial charge is 0.324 e. The van der Waals surface area contributed by atoms with Gasteiger partial charge < -0.3 is 15.0 Å². The summed E-state index contributed by atoms with van der Waals surface area (Å²) < 4.78 is 6.96. The highest BCUT2D eigenvalue weighted by atomic mass is 16.5. The Morgan fingerprint density at radius 3 is 2.41 bits per heavy atom. The van der Waals surface area contributed by atoms with E-state index in [2.05, 4.69) is 15.7 Å². The fourth-order valence-corrected chi connectivity index (χ4v) is 3.37. The molecule has 0 atom stereocenters. The fraction of sp³-hybridized carbons (Fsp3) is 0.120. The van der Waals surface area contributed by atoms with Gasteiger partial charge in [0, 0.05) is 25.0 Å². The summed E-state index contributed by atoms with van der Waals surface area (Å²) >= 11 is 0. The molecule has 2 N–H and O–H groups in total. The predicted molar refractivity (Wildman–Crippen MR) is 128 cm³/mol. The number of amides is 2. The van der Waals surface area contributed by atoms with Crippen molar-refractivity contribution >= 4 is 28.9 Å². The van der Waals surface area contributed by atoms with Crippen molar-refractivity contribution in [2.24, 2.45) is 0 Å². The molecule has 0 unspecified atom stereocenters. The Bertz CT molecular complexity index is 1170. The lowest BCUT2D eigenvalue weighted by atomic mass is 10.2. The molecule has 0 aliphatic rings. The third-order valence-corrected chi connectivity index (χ3v) is 5.04. The second kappa shape index (κ2) is 9.70. The minimum atomic E-state index is -0.353. The van der Waals surface area contributed by atoms with Gasteiger partial charge in [-0.15, -0.1) is 0 Å². The molecular formula is C25H25N5O2. The van der Waals surface area contributed by atoms with E-state index in [9.17, 15) is 4.79 Å². The molecule has 4 aromatic rings. The Morgan fingerprint density at radius 2 is 1.66 bits per heavy atom. The number of para-hydroxylation sites is 3. The zero-order valence-electron chi connectivity index (χ0n) is 18.0. The number of hydrogen-bond donors (Lipinski definition) is 2. The van der Waals surface area contributed by atoms with Crippen molar-refractivity contribution in [1.29, 1.82) is 0 Å². The number of urea groups is 1. The number of carbonyl (C=O) groups excluding carboxylic acids is 1. The number of methoxy groups -OCH3 is 1. The van der Waals surface area contributed by atoms with Crippen molar-refractivity contribution in [3.8, 4) is 5.75 Å². The number of nitrogens with zero attached hydrogens (tertiary/aromatic N) is 3. The zero-order chi connectivity index (χ0) is 22.3. The predicted octanol–water partition coefficient (Wildman–Crippen LogP) is 5.35. The maximum absolute atomic E-state index is 12.6. The van der Waals surface area contributed by atoms with E-state index in [1.165, 1.54) is 0 Å². The van der Waals surface area contributed by atoms with E-state index in [0.29, 0.717) is 18.1 Å². The molecule has 0 bridgehead atoms. The largest absolute Gasteiger partial charge is 0.497 e. The van der Waals surface area contributed by atoms with Gasteiger partial charge in [0.1, 0.15) is 5.75 Å². The van der Waals surface area contributed by atoms with Crippen molar-refractivity contribution in [2.75, 3.05) is 29.7 Å². The van der Waals surface area contributed by atoms with Crippen LogP contribution in [0.1, 0.15) is 5.56 Å². The maximum atomic E-state index is 12.6. The topological polar surface area (TPSA) is 71.4 Å². The Kier molecular flexibility index (Phi) is 6.36. The van der Waals surface area contributed by atoms with Crippen LogP contribution in [0.3, 0.4) is 0 Å². The highest BCUT2D eigenvalue weighted by molar-refractivity contribution is 6.01. The van der Waals surface area contributed by atoms with Crippen LogP contribution in [0.25, 0.3) is 0 Å². The molecule has 0 radical (unpaired) electrons. The first-order chi connectivity index (χ1) is 15.6. The van der Waals surface area contributed by atoms with Gasteiger partial charge in [0.25, 0.3) is 0 Å². The van der Waals surface area contributed by atoms with Crippen molar-refractivity contribution < 1.29 is 9.53 Å². The van der Waals surface area contributed by atoms with E-state index >= 15 is 0 Å². The average Bonchev–Trinajstić information content (AvgIpc) is 3.26. The number of ether oxygens (including phenoxy) is 1. The van der Waals surface area contributed by atoms with Gasteiger partial charge in [-0.05, 0) is 42.0 Å². The highest BCUT2D eigenvalue weighted by Crippen LogP contribution is 2.30. The minimum Gasteiger partial charge on any atom is -0.497 e. The van der Waals surface area contributed by atoms with Crippen LogP contribution in [0.2, 0.25) is 0 Å². The number of hydrogen-bond acceptors (Lipinski definition) is 4. The summed E-state index contributed by atoms with van der Waals surface area (Å²) in [6.07, 6.45) is 1.83. The average molecular weight is 428 g/mol. The van der Waals surface area contributed by atoms with Crippen molar-refractivity contribution in [3.05, 3.63) is 96.7 Å². The summed E-state index contributed by atoms with van der Waals surface area (Å²) in [7, 11) is 3.61. The van der Waals surface area contributed by atoms with Crippen LogP contribution in [0, 0.1) is 0 Å². The number of carbonyl (C=O) groups is 1. The van der Waals surface area contributed by atoms with Gasteiger partial charge in [-0.2, -0.15) is 5.10 Å². The second-order valence-corrected chi connectivity index (χ2v) is 7.24. The molecular weight excluding hydrogens is 402 g/mol. The SMILES string of the molecule is COc1ccc(Cn2ccc(NC(=O)Nc3ccccc3N(C)c3ccccc3)n2)cc1. The van der Waals surface area contributed by atoms with Crippen LogP contribution in [-0.2, 0) is 6.54 Å². The molecule has 0 aliphatic carbocycles. The molecule has 0 fully saturated rings. The van der Waals surface area contributed by atoms with Crippen LogP contribution in [0.4, 0.5) is 27.7 Å². The van der Waals surface area contributed by atoms with Gasteiger partial charge in [-0.3, -0.25) is 10.00 Å². The van der Waals surface area contributed by atoms with Crippen LogP contribution < -0.4 is 20.3 Å². The number of nitrogens with one attached hydrogen (secondary N) is 2.